The van der Waals surface area contributed by atoms with E-state index in [0.717, 1.165) is 12.8 Å². The number of ether oxygens (including phenoxy) is 2. The maximum Gasteiger partial charge on any atom is 0.115 e. The number of allylic oxidation sites excluding steroid dienone is 1. The summed E-state index contributed by atoms with van der Waals surface area (Å²) in [5.41, 5.74) is 0.279. The van der Waals surface area contributed by atoms with Crippen molar-refractivity contribution >= 4 is 0 Å². The van der Waals surface area contributed by atoms with Crippen LogP contribution in [0.2, 0.25) is 0 Å². The molecular weight excluding hydrogens is 256 g/mol. The van der Waals surface area contributed by atoms with Crippen molar-refractivity contribution in [2.24, 2.45) is 5.41 Å². The number of aliphatic hydroxyl groups excluding tert-OH is 1. The van der Waals surface area contributed by atoms with E-state index >= 15 is 0 Å². The Hall–Kier alpha value is -1.68. The first kappa shape index (κ1) is 16.4. The second kappa shape index (κ2) is 6.66. The minimum Gasteiger partial charge on any atom is -0.867 e. The topological polar surface area (TPSA) is 61.8 Å². The van der Waals surface area contributed by atoms with Crippen molar-refractivity contribution in [2.45, 2.75) is 32.8 Å². The summed E-state index contributed by atoms with van der Waals surface area (Å²) in [6.45, 7) is 7.65. The SMILES string of the molecule is C=CCCC(C)(C)C(O)c1cc(OC)c([O-])c(OC)c1. The molecule has 0 aliphatic rings. The average Bonchev–Trinajstić information content (AvgIpc) is 2.44. The summed E-state index contributed by atoms with van der Waals surface area (Å²) in [5.74, 6) is 0.0469. The van der Waals surface area contributed by atoms with E-state index in [1.165, 1.54) is 14.2 Å². The number of benzene rings is 1. The quantitative estimate of drug-likeness (QED) is 0.780. The van der Waals surface area contributed by atoms with Crippen molar-refractivity contribution in [1.29, 1.82) is 0 Å². The molecule has 0 saturated heterocycles. The van der Waals surface area contributed by atoms with Crippen LogP contribution in [0.25, 0.3) is 0 Å². The highest BCUT2D eigenvalue weighted by Gasteiger charge is 2.29. The molecule has 1 atom stereocenters. The Labute approximate surface area is 120 Å². The van der Waals surface area contributed by atoms with Gasteiger partial charge in [0, 0.05) is 0 Å². The van der Waals surface area contributed by atoms with Gasteiger partial charge in [-0.3, -0.25) is 0 Å². The first-order chi connectivity index (χ1) is 9.37. The summed E-state index contributed by atoms with van der Waals surface area (Å²) in [4.78, 5) is 0. The molecule has 1 N–H and O–H groups in total. The van der Waals surface area contributed by atoms with Gasteiger partial charge in [0.1, 0.15) is 11.5 Å². The monoisotopic (exact) mass is 279 g/mol. The Morgan fingerprint density at radius 1 is 1.30 bits per heavy atom. The standard InChI is InChI=1S/C16H24O4/c1-6-7-8-16(2,3)15(18)11-9-12(19-4)14(17)13(10-11)20-5/h6,9-10,15,17-18H,1,7-8H2,2-5H3/p-1. The maximum atomic E-state index is 11.9. The lowest BCUT2D eigenvalue weighted by Crippen LogP contribution is -2.22. The van der Waals surface area contributed by atoms with Gasteiger partial charge in [0.05, 0.1) is 20.3 Å². The molecule has 1 aromatic rings. The molecule has 0 saturated carbocycles. The zero-order valence-corrected chi connectivity index (χ0v) is 12.6. The third-order valence-electron chi connectivity index (χ3n) is 3.53. The van der Waals surface area contributed by atoms with Gasteiger partial charge < -0.3 is 19.7 Å². The van der Waals surface area contributed by atoms with Gasteiger partial charge in [-0.1, -0.05) is 19.9 Å². The van der Waals surface area contributed by atoms with Gasteiger partial charge in [0.15, 0.2) is 0 Å². The van der Waals surface area contributed by atoms with Gasteiger partial charge in [-0.15, -0.1) is 6.58 Å². The number of aliphatic hydroxyl groups is 1. The van der Waals surface area contributed by atoms with Crippen LogP contribution < -0.4 is 14.6 Å². The lowest BCUT2D eigenvalue weighted by atomic mass is 9.79. The molecule has 0 aliphatic heterocycles. The van der Waals surface area contributed by atoms with Crippen molar-refractivity contribution in [3.05, 3.63) is 30.4 Å². The minimum absolute atomic E-state index is 0.179. The Bertz CT molecular complexity index is 441. The van der Waals surface area contributed by atoms with Gasteiger partial charge in [-0.2, -0.15) is 0 Å². The van der Waals surface area contributed by atoms with E-state index in [1.807, 2.05) is 19.9 Å². The van der Waals surface area contributed by atoms with Gasteiger partial charge >= 0.3 is 0 Å². The largest absolute Gasteiger partial charge is 0.867 e. The number of hydrogen-bond donors (Lipinski definition) is 1. The zero-order chi connectivity index (χ0) is 15.3. The summed E-state index contributed by atoms with van der Waals surface area (Å²) in [6.07, 6.45) is 2.72. The van der Waals surface area contributed by atoms with Crippen LogP contribution in [0.4, 0.5) is 0 Å². The predicted octanol–water partition coefficient (Wildman–Crippen LogP) is 2.80. The molecule has 0 heterocycles. The zero-order valence-electron chi connectivity index (χ0n) is 12.6. The van der Waals surface area contributed by atoms with Gasteiger partial charge in [-0.05, 0) is 41.7 Å². The molecule has 0 radical (unpaired) electrons. The summed E-state index contributed by atoms with van der Waals surface area (Å²) >= 11 is 0. The van der Waals surface area contributed by atoms with Crippen molar-refractivity contribution in [3.63, 3.8) is 0 Å². The van der Waals surface area contributed by atoms with E-state index in [1.54, 1.807) is 12.1 Å². The fraction of sp³-hybridized carbons (Fsp3) is 0.500. The van der Waals surface area contributed by atoms with Crippen molar-refractivity contribution in [2.75, 3.05) is 14.2 Å². The molecule has 0 amide bonds. The molecular formula is C16H23O4-. The first-order valence-electron chi connectivity index (χ1n) is 6.59. The molecule has 1 unspecified atom stereocenters. The van der Waals surface area contributed by atoms with Crippen LogP contribution in [0.15, 0.2) is 24.8 Å². The fourth-order valence-corrected chi connectivity index (χ4v) is 2.12. The average molecular weight is 279 g/mol. The molecule has 0 aromatic heterocycles. The van der Waals surface area contributed by atoms with E-state index in [2.05, 4.69) is 6.58 Å². The lowest BCUT2D eigenvalue weighted by Gasteiger charge is -2.31. The maximum absolute atomic E-state index is 11.9. The van der Waals surface area contributed by atoms with Crippen LogP contribution in [0.5, 0.6) is 17.2 Å². The second-order valence-electron chi connectivity index (χ2n) is 5.47. The molecule has 0 bridgehead atoms. The van der Waals surface area contributed by atoms with Gasteiger partial charge in [0.25, 0.3) is 0 Å². The molecule has 0 fully saturated rings. The van der Waals surface area contributed by atoms with Crippen molar-refractivity contribution < 1.29 is 19.7 Å². The molecule has 0 aliphatic carbocycles. The van der Waals surface area contributed by atoms with Crippen LogP contribution >= 0.6 is 0 Å². The Morgan fingerprint density at radius 2 is 1.80 bits per heavy atom. The van der Waals surface area contributed by atoms with Crippen molar-refractivity contribution in [1.82, 2.24) is 0 Å². The summed E-state index contributed by atoms with van der Waals surface area (Å²) in [7, 11) is 2.85. The third-order valence-corrected chi connectivity index (χ3v) is 3.53. The lowest BCUT2D eigenvalue weighted by molar-refractivity contribution is -0.271. The van der Waals surface area contributed by atoms with Crippen LogP contribution in [0.3, 0.4) is 0 Å². The van der Waals surface area contributed by atoms with E-state index in [-0.39, 0.29) is 22.7 Å². The van der Waals surface area contributed by atoms with Crippen LogP contribution in [0.1, 0.15) is 38.4 Å². The van der Waals surface area contributed by atoms with Crippen LogP contribution in [0, 0.1) is 5.41 Å². The van der Waals surface area contributed by atoms with Gasteiger partial charge in [0.2, 0.25) is 0 Å². The van der Waals surface area contributed by atoms with Crippen LogP contribution in [-0.2, 0) is 0 Å². The number of hydrogen-bond acceptors (Lipinski definition) is 4. The Morgan fingerprint density at radius 3 is 2.20 bits per heavy atom. The highest BCUT2D eigenvalue weighted by atomic mass is 16.5. The molecule has 1 aromatic carbocycles. The van der Waals surface area contributed by atoms with Crippen LogP contribution in [-0.4, -0.2) is 19.3 Å². The van der Waals surface area contributed by atoms with E-state index in [0.29, 0.717) is 5.56 Å². The highest BCUT2D eigenvalue weighted by Crippen LogP contribution is 2.42. The van der Waals surface area contributed by atoms with E-state index in [9.17, 15) is 10.2 Å². The van der Waals surface area contributed by atoms with E-state index < -0.39 is 6.10 Å². The Kier molecular flexibility index (Phi) is 5.45. The predicted molar refractivity (Wildman–Crippen MR) is 77.2 cm³/mol. The molecule has 1 rings (SSSR count). The molecule has 20 heavy (non-hydrogen) atoms. The molecule has 4 heteroatoms. The van der Waals surface area contributed by atoms with E-state index in [4.69, 9.17) is 9.47 Å². The second-order valence-corrected chi connectivity index (χ2v) is 5.47. The summed E-state index contributed by atoms with van der Waals surface area (Å²) in [5, 5.41) is 22.4. The summed E-state index contributed by atoms with van der Waals surface area (Å²) in [6, 6.07) is 3.15. The summed E-state index contributed by atoms with van der Waals surface area (Å²) < 4.78 is 10.1. The van der Waals surface area contributed by atoms with Gasteiger partial charge in [-0.25, -0.2) is 0 Å². The number of methoxy groups -OCH3 is 2. The Balaban J connectivity index is 3.15. The van der Waals surface area contributed by atoms with Crippen molar-refractivity contribution in [3.8, 4) is 17.2 Å². The highest BCUT2D eigenvalue weighted by molar-refractivity contribution is 5.52. The normalized spacial score (nSPS) is 12.8. The first-order valence-corrected chi connectivity index (χ1v) is 6.59. The smallest absolute Gasteiger partial charge is 0.115 e. The molecule has 0 spiro atoms. The fourth-order valence-electron chi connectivity index (χ4n) is 2.12. The third kappa shape index (κ3) is 3.45. The molecule has 112 valence electrons. The molecule has 4 nitrogen and oxygen atoms in total. The minimum atomic E-state index is -0.717. The number of rotatable bonds is 7.